The Labute approximate surface area is 76.9 Å². The first kappa shape index (κ1) is 10.9. The topological polar surface area (TPSA) is 50.2 Å². The second-order valence-corrected chi connectivity index (χ2v) is 2.37. The van der Waals surface area contributed by atoms with E-state index in [0.717, 1.165) is 11.3 Å². The Balaban J connectivity index is 0.00000121. The van der Waals surface area contributed by atoms with Crippen LogP contribution in [-0.4, -0.2) is 16.1 Å². The molecule has 0 aliphatic heterocycles. The highest BCUT2D eigenvalue weighted by Crippen LogP contribution is 2.09. The fraction of sp³-hybridized carbons (Fsp3) is 0.250. The van der Waals surface area contributed by atoms with Crippen LogP contribution < -0.4 is 0 Å². The Bertz CT molecular complexity index is 299. The first-order valence-corrected chi connectivity index (χ1v) is 3.28. The molecule has 1 aromatic rings. The molecule has 12 heavy (non-hydrogen) atoms. The van der Waals surface area contributed by atoms with Gasteiger partial charge in [0.05, 0.1) is 5.56 Å². The summed E-state index contributed by atoms with van der Waals surface area (Å²) in [6.07, 6.45) is 1.51. The third-order valence-corrected chi connectivity index (χ3v) is 1.69. The van der Waals surface area contributed by atoms with Gasteiger partial charge in [0.1, 0.15) is 0 Å². The molecular formula is C8H10ClNO2. The number of aromatic nitrogens is 1. The summed E-state index contributed by atoms with van der Waals surface area (Å²) in [6.45, 7) is 3.55. The van der Waals surface area contributed by atoms with Gasteiger partial charge in [-0.3, -0.25) is 4.98 Å². The number of halogens is 1. The van der Waals surface area contributed by atoms with Gasteiger partial charge in [-0.15, -0.1) is 12.4 Å². The fourth-order valence-electron chi connectivity index (χ4n) is 0.872. The predicted molar refractivity (Wildman–Crippen MR) is 47.9 cm³/mol. The summed E-state index contributed by atoms with van der Waals surface area (Å²) >= 11 is 0. The van der Waals surface area contributed by atoms with Gasteiger partial charge in [-0.05, 0) is 25.5 Å². The van der Waals surface area contributed by atoms with Gasteiger partial charge in [0, 0.05) is 11.9 Å². The molecule has 0 atom stereocenters. The van der Waals surface area contributed by atoms with E-state index in [1.165, 1.54) is 12.3 Å². The Kier molecular flexibility index (Phi) is 3.70. The van der Waals surface area contributed by atoms with Crippen LogP contribution in [0.5, 0.6) is 0 Å². The number of aromatic carboxylic acids is 1. The summed E-state index contributed by atoms with van der Waals surface area (Å²) in [5, 5.41) is 8.66. The Morgan fingerprint density at radius 2 is 2.08 bits per heavy atom. The molecule has 66 valence electrons. The van der Waals surface area contributed by atoms with E-state index in [9.17, 15) is 4.79 Å². The van der Waals surface area contributed by atoms with Crippen LogP contribution in [0.4, 0.5) is 0 Å². The normalized spacial score (nSPS) is 8.83. The summed E-state index contributed by atoms with van der Waals surface area (Å²) in [7, 11) is 0. The lowest BCUT2D eigenvalue weighted by molar-refractivity contribution is 0.0696. The third-order valence-electron chi connectivity index (χ3n) is 1.69. The SMILES string of the molecule is Cc1nccc(C(=O)O)c1C.Cl. The molecule has 0 saturated carbocycles. The van der Waals surface area contributed by atoms with E-state index in [1.807, 2.05) is 0 Å². The number of pyridine rings is 1. The molecular weight excluding hydrogens is 178 g/mol. The van der Waals surface area contributed by atoms with E-state index in [0.29, 0.717) is 5.56 Å². The molecule has 1 rings (SSSR count). The molecule has 0 fully saturated rings. The van der Waals surface area contributed by atoms with E-state index in [4.69, 9.17) is 5.11 Å². The zero-order valence-electron chi connectivity index (χ0n) is 6.87. The van der Waals surface area contributed by atoms with E-state index < -0.39 is 5.97 Å². The maximum absolute atomic E-state index is 10.5. The minimum Gasteiger partial charge on any atom is -0.478 e. The molecule has 0 amide bonds. The highest BCUT2D eigenvalue weighted by Gasteiger charge is 2.07. The lowest BCUT2D eigenvalue weighted by Crippen LogP contribution is -2.01. The van der Waals surface area contributed by atoms with Gasteiger partial charge in [0.25, 0.3) is 0 Å². The Morgan fingerprint density at radius 1 is 1.50 bits per heavy atom. The standard InChI is InChI=1S/C8H9NO2.ClH/c1-5-6(2)9-4-3-7(5)8(10)11;/h3-4H,1-2H3,(H,10,11);1H. The van der Waals surface area contributed by atoms with Crippen molar-refractivity contribution in [3.05, 3.63) is 29.1 Å². The Morgan fingerprint density at radius 3 is 2.50 bits per heavy atom. The number of carboxylic acids is 1. The van der Waals surface area contributed by atoms with Gasteiger partial charge in [0.2, 0.25) is 0 Å². The highest BCUT2D eigenvalue weighted by atomic mass is 35.5. The van der Waals surface area contributed by atoms with E-state index in [2.05, 4.69) is 4.98 Å². The van der Waals surface area contributed by atoms with Gasteiger partial charge in [-0.1, -0.05) is 0 Å². The first-order valence-electron chi connectivity index (χ1n) is 3.28. The molecule has 0 bridgehead atoms. The van der Waals surface area contributed by atoms with Crippen molar-refractivity contribution >= 4 is 18.4 Å². The maximum atomic E-state index is 10.5. The van der Waals surface area contributed by atoms with Gasteiger partial charge in [0.15, 0.2) is 0 Å². The largest absolute Gasteiger partial charge is 0.478 e. The quantitative estimate of drug-likeness (QED) is 0.730. The van der Waals surface area contributed by atoms with Gasteiger partial charge in [-0.25, -0.2) is 4.79 Å². The number of hydrogen-bond donors (Lipinski definition) is 1. The van der Waals surface area contributed by atoms with Crippen molar-refractivity contribution in [2.24, 2.45) is 0 Å². The van der Waals surface area contributed by atoms with Gasteiger partial charge in [-0.2, -0.15) is 0 Å². The first-order chi connectivity index (χ1) is 5.13. The molecule has 1 heterocycles. The summed E-state index contributed by atoms with van der Waals surface area (Å²) < 4.78 is 0. The van der Waals surface area contributed by atoms with Crippen LogP contribution in [0.25, 0.3) is 0 Å². The van der Waals surface area contributed by atoms with Crippen molar-refractivity contribution in [1.29, 1.82) is 0 Å². The van der Waals surface area contributed by atoms with E-state index >= 15 is 0 Å². The highest BCUT2D eigenvalue weighted by molar-refractivity contribution is 5.89. The molecule has 0 radical (unpaired) electrons. The van der Waals surface area contributed by atoms with Crippen LogP contribution in [0, 0.1) is 13.8 Å². The summed E-state index contributed by atoms with van der Waals surface area (Å²) in [4.78, 5) is 14.5. The fourth-order valence-corrected chi connectivity index (χ4v) is 0.872. The van der Waals surface area contributed by atoms with Crippen LogP contribution in [-0.2, 0) is 0 Å². The second kappa shape index (κ2) is 4.07. The zero-order valence-corrected chi connectivity index (χ0v) is 7.68. The average Bonchev–Trinajstić information content (AvgIpc) is 1.94. The van der Waals surface area contributed by atoms with Crippen LogP contribution in [0.3, 0.4) is 0 Å². The van der Waals surface area contributed by atoms with Crippen LogP contribution >= 0.6 is 12.4 Å². The zero-order chi connectivity index (χ0) is 8.43. The van der Waals surface area contributed by atoms with Crippen LogP contribution in [0.15, 0.2) is 12.3 Å². The second-order valence-electron chi connectivity index (χ2n) is 2.37. The van der Waals surface area contributed by atoms with Crippen LogP contribution in [0.1, 0.15) is 21.6 Å². The summed E-state index contributed by atoms with van der Waals surface area (Å²) in [6, 6.07) is 1.50. The molecule has 0 saturated heterocycles. The monoisotopic (exact) mass is 187 g/mol. The minimum absolute atomic E-state index is 0. The van der Waals surface area contributed by atoms with Crippen molar-refractivity contribution in [2.75, 3.05) is 0 Å². The number of rotatable bonds is 1. The molecule has 0 unspecified atom stereocenters. The van der Waals surface area contributed by atoms with Crippen molar-refractivity contribution < 1.29 is 9.90 Å². The van der Waals surface area contributed by atoms with Crippen molar-refractivity contribution in [2.45, 2.75) is 13.8 Å². The van der Waals surface area contributed by atoms with Crippen LogP contribution in [0.2, 0.25) is 0 Å². The lowest BCUT2D eigenvalue weighted by atomic mass is 10.1. The number of hydrogen-bond acceptors (Lipinski definition) is 2. The molecule has 0 spiro atoms. The lowest BCUT2D eigenvalue weighted by Gasteiger charge is -2.01. The summed E-state index contributed by atoms with van der Waals surface area (Å²) in [5.74, 6) is -0.895. The number of carboxylic acid groups (broad SMARTS) is 1. The third kappa shape index (κ3) is 1.95. The molecule has 0 aromatic carbocycles. The van der Waals surface area contributed by atoms with Crippen molar-refractivity contribution in [3.8, 4) is 0 Å². The predicted octanol–water partition coefficient (Wildman–Crippen LogP) is 1.82. The number of aryl methyl sites for hydroxylation is 1. The Hall–Kier alpha value is -1.09. The van der Waals surface area contributed by atoms with Gasteiger partial charge < -0.3 is 5.11 Å². The molecule has 0 aliphatic carbocycles. The van der Waals surface area contributed by atoms with E-state index in [-0.39, 0.29) is 12.4 Å². The smallest absolute Gasteiger partial charge is 0.336 e. The van der Waals surface area contributed by atoms with Crippen molar-refractivity contribution in [1.82, 2.24) is 4.98 Å². The van der Waals surface area contributed by atoms with E-state index in [1.54, 1.807) is 13.8 Å². The minimum atomic E-state index is -0.895. The molecule has 0 aliphatic rings. The van der Waals surface area contributed by atoms with Crippen molar-refractivity contribution in [3.63, 3.8) is 0 Å². The number of carbonyl (C=O) groups is 1. The number of nitrogens with zero attached hydrogens (tertiary/aromatic N) is 1. The molecule has 3 nitrogen and oxygen atoms in total. The summed E-state index contributed by atoms with van der Waals surface area (Å²) in [5.41, 5.74) is 1.84. The average molecular weight is 188 g/mol. The molecule has 4 heteroatoms. The molecule has 1 aromatic heterocycles. The van der Waals surface area contributed by atoms with Gasteiger partial charge >= 0.3 is 5.97 Å². The maximum Gasteiger partial charge on any atom is 0.336 e. The molecule has 1 N–H and O–H groups in total.